The summed E-state index contributed by atoms with van der Waals surface area (Å²) < 4.78 is 5.92. The normalized spacial score (nSPS) is 51.8. The molecule has 0 aromatic carbocycles. The van der Waals surface area contributed by atoms with Crippen LogP contribution in [-0.4, -0.2) is 18.0 Å². The van der Waals surface area contributed by atoms with Gasteiger partial charge in [0.1, 0.15) is 5.78 Å². The van der Waals surface area contributed by atoms with Crippen LogP contribution in [0.25, 0.3) is 0 Å². The second-order valence-corrected chi connectivity index (χ2v) is 12.8. The van der Waals surface area contributed by atoms with Crippen molar-refractivity contribution >= 4 is 5.78 Å². The summed E-state index contributed by atoms with van der Waals surface area (Å²) in [5, 5.41) is 0. The molecule has 4 aliphatic carbocycles. The average molecular weight is 401 g/mol. The van der Waals surface area contributed by atoms with Crippen LogP contribution < -0.4 is 0 Å². The van der Waals surface area contributed by atoms with E-state index in [2.05, 4.69) is 34.6 Å². The zero-order valence-corrected chi connectivity index (χ0v) is 19.6. The lowest BCUT2D eigenvalue weighted by molar-refractivity contribution is -0.152. The highest BCUT2D eigenvalue weighted by atomic mass is 16.6. The van der Waals surface area contributed by atoms with E-state index < -0.39 is 0 Å². The van der Waals surface area contributed by atoms with Crippen LogP contribution in [0.2, 0.25) is 0 Å². The molecule has 0 N–H and O–H groups in total. The van der Waals surface area contributed by atoms with E-state index >= 15 is 0 Å². The smallest absolute Gasteiger partial charge is 0.136 e. The van der Waals surface area contributed by atoms with Gasteiger partial charge in [-0.1, -0.05) is 53.9 Å². The van der Waals surface area contributed by atoms with Crippen molar-refractivity contribution in [1.82, 2.24) is 0 Å². The molecule has 2 heteroatoms. The summed E-state index contributed by atoms with van der Waals surface area (Å²) >= 11 is 0. The van der Waals surface area contributed by atoms with Gasteiger partial charge in [-0.2, -0.15) is 0 Å². The molecule has 0 aromatic rings. The van der Waals surface area contributed by atoms with Crippen molar-refractivity contribution in [2.45, 2.75) is 111 Å². The fourth-order valence-corrected chi connectivity index (χ4v) is 9.34. The minimum atomic E-state index is 0.222. The number of fused-ring (bicyclic) bond motifs is 6. The molecule has 0 spiro atoms. The Kier molecular flexibility index (Phi) is 5.01. The van der Waals surface area contributed by atoms with Gasteiger partial charge in [-0.15, -0.1) is 0 Å². The quantitative estimate of drug-likeness (QED) is 0.483. The molecule has 5 fully saturated rings. The molecule has 0 bridgehead atoms. The number of Topliss-reactive ketones (excluding diaryl/α,β-unsaturated/α-hetero) is 1. The summed E-state index contributed by atoms with van der Waals surface area (Å²) in [6.45, 7) is 12.4. The molecule has 164 valence electrons. The summed E-state index contributed by atoms with van der Waals surface area (Å²) in [7, 11) is 0. The van der Waals surface area contributed by atoms with Gasteiger partial charge in [0.25, 0.3) is 0 Å². The molecular formula is C27H44O2. The van der Waals surface area contributed by atoms with Gasteiger partial charge in [-0.05, 0) is 84.9 Å². The highest BCUT2D eigenvalue weighted by molar-refractivity contribution is 5.83. The van der Waals surface area contributed by atoms with Gasteiger partial charge in [0.05, 0.1) is 12.2 Å². The lowest BCUT2D eigenvalue weighted by Crippen LogP contribution is -2.56. The van der Waals surface area contributed by atoms with Crippen molar-refractivity contribution in [3.8, 4) is 0 Å². The Balaban J connectivity index is 1.33. The molecule has 0 aromatic heterocycles. The molecule has 1 heterocycles. The van der Waals surface area contributed by atoms with Crippen LogP contribution in [0.5, 0.6) is 0 Å². The van der Waals surface area contributed by atoms with E-state index in [1.807, 2.05) is 0 Å². The maximum Gasteiger partial charge on any atom is 0.136 e. The van der Waals surface area contributed by atoms with E-state index in [4.69, 9.17) is 4.74 Å². The minimum absolute atomic E-state index is 0.222. The number of hydrogen-bond donors (Lipinski definition) is 0. The van der Waals surface area contributed by atoms with Crippen molar-refractivity contribution in [3.05, 3.63) is 0 Å². The van der Waals surface area contributed by atoms with Gasteiger partial charge in [-0.3, -0.25) is 4.79 Å². The Morgan fingerprint density at radius 3 is 2.52 bits per heavy atom. The zero-order valence-electron chi connectivity index (χ0n) is 19.6. The van der Waals surface area contributed by atoms with E-state index in [0.717, 1.165) is 48.9 Å². The summed E-state index contributed by atoms with van der Waals surface area (Å²) in [5.74, 6) is 5.66. The van der Waals surface area contributed by atoms with Crippen LogP contribution in [-0.2, 0) is 9.53 Å². The lowest BCUT2D eigenvalue weighted by Gasteiger charge is -2.59. The molecule has 5 aliphatic rings. The molecule has 4 saturated carbocycles. The van der Waals surface area contributed by atoms with E-state index in [9.17, 15) is 4.79 Å². The van der Waals surface area contributed by atoms with Crippen molar-refractivity contribution in [2.75, 3.05) is 0 Å². The number of ether oxygens (including phenoxy) is 1. The van der Waals surface area contributed by atoms with Gasteiger partial charge in [0.15, 0.2) is 0 Å². The fraction of sp³-hybridized carbons (Fsp3) is 0.963. The SMILES string of the molecule is CC(C)CCC[C@@H](C)[C@H]1CC[C@H]2[C@@H]3CC(=O)[C@H]4C[C@@H]5O[C@@H]5C[C@]4(C)[C@H]3CC[C@]12C. The van der Waals surface area contributed by atoms with Gasteiger partial charge in [0, 0.05) is 12.3 Å². The van der Waals surface area contributed by atoms with Crippen LogP contribution in [0.1, 0.15) is 98.8 Å². The fourth-order valence-electron chi connectivity index (χ4n) is 9.34. The first-order valence-electron chi connectivity index (χ1n) is 12.9. The van der Waals surface area contributed by atoms with Gasteiger partial charge in [0.2, 0.25) is 0 Å². The molecule has 0 radical (unpaired) electrons. The first-order chi connectivity index (χ1) is 13.7. The number of ketones is 1. The maximum absolute atomic E-state index is 13.3. The van der Waals surface area contributed by atoms with Gasteiger partial charge in [-0.25, -0.2) is 0 Å². The van der Waals surface area contributed by atoms with Crippen LogP contribution >= 0.6 is 0 Å². The van der Waals surface area contributed by atoms with Crippen LogP contribution in [0.4, 0.5) is 0 Å². The topological polar surface area (TPSA) is 29.6 Å². The predicted molar refractivity (Wildman–Crippen MR) is 118 cm³/mol. The second kappa shape index (κ2) is 7.07. The maximum atomic E-state index is 13.3. The average Bonchev–Trinajstić information content (AvgIpc) is 3.29. The third kappa shape index (κ3) is 3.17. The van der Waals surface area contributed by atoms with Crippen LogP contribution in [0.15, 0.2) is 0 Å². The van der Waals surface area contributed by atoms with Gasteiger partial charge < -0.3 is 4.74 Å². The number of hydrogen-bond acceptors (Lipinski definition) is 2. The molecule has 0 amide bonds. The summed E-state index contributed by atoms with van der Waals surface area (Å²) in [6, 6.07) is 0. The predicted octanol–water partition coefficient (Wildman–Crippen LogP) is 6.66. The Bertz CT molecular complexity index is 655. The monoisotopic (exact) mass is 400 g/mol. The van der Waals surface area contributed by atoms with E-state index in [-0.39, 0.29) is 5.41 Å². The Hall–Kier alpha value is -0.370. The Morgan fingerprint density at radius 2 is 1.76 bits per heavy atom. The van der Waals surface area contributed by atoms with E-state index in [1.54, 1.807) is 0 Å². The minimum Gasteiger partial charge on any atom is -0.370 e. The van der Waals surface area contributed by atoms with Crippen molar-refractivity contribution in [1.29, 1.82) is 0 Å². The third-order valence-corrected chi connectivity index (χ3v) is 10.9. The molecule has 29 heavy (non-hydrogen) atoms. The molecule has 5 rings (SSSR count). The summed E-state index contributed by atoms with van der Waals surface area (Å²) in [4.78, 5) is 13.3. The Labute approximate surface area is 178 Å². The Morgan fingerprint density at radius 1 is 1.00 bits per heavy atom. The number of carbonyl (C=O) groups excluding carboxylic acids is 1. The van der Waals surface area contributed by atoms with Gasteiger partial charge >= 0.3 is 0 Å². The number of carbonyl (C=O) groups is 1. The van der Waals surface area contributed by atoms with Crippen molar-refractivity contribution in [2.24, 2.45) is 52.3 Å². The van der Waals surface area contributed by atoms with E-state index in [1.165, 1.54) is 44.9 Å². The van der Waals surface area contributed by atoms with Crippen LogP contribution in [0.3, 0.4) is 0 Å². The molecule has 0 unspecified atom stereocenters. The van der Waals surface area contributed by atoms with E-state index in [0.29, 0.717) is 35.2 Å². The summed E-state index contributed by atoms with van der Waals surface area (Å²) in [6.07, 6.45) is 13.7. The number of rotatable bonds is 5. The highest BCUT2D eigenvalue weighted by Gasteiger charge is 2.65. The molecule has 1 saturated heterocycles. The standard InChI is InChI=1S/C27H44O2/c1-16(2)7-6-8-17(3)19-9-10-20-18-13-23(28)22-14-24-25(29-24)15-27(22,5)21(18)11-12-26(19,20)4/h16-22,24-25H,6-15H2,1-5H3/t17-,18+,19-,20+,21+,22-,24+,25-,26-,27-/m1/s1. The molecule has 10 atom stereocenters. The highest BCUT2D eigenvalue weighted by Crippen LogP contribution is 2.69. The van der Waals surface area contributed by atoms with Crippen molar-refractivity contribution < 1.29 is 9.53 Å². The third-order valence-electron chi connectivity index (χ3n) is 10.9. The first-order valence-corrected chi connectivity index (χ1v) is 12.9. The second-order valence-electron chi connectivity index (χ2n) is 12.8. The largest absolute Gasteiger partial charge is 0.370 e. The van der Waals surface area contributed by atoms with Crippen LogP contribution in [0, 0.1) is 52.3 Å². The summed E-state index contributed by atoms with van der Waals surface area (Å²) in [5.41, 5.74) is 0.704. The first kappa shape index (κ1) is 20.5. The molecular weight excluding hydrogens is 356 g/mol. The lowest BCUT2D eigenvalue weighted by atomic mass is 9.44. The number of epoxide rings is 1. The van der Waals surface area contributed by atoms with Crippen molar-refractivity contribution in [3.63, 3.8) is 0 Å². The molecule has 1 aliphatic heterocycles. The zero-order chi connectivity index (χ0) is 20.6. The molecule has 2 nitrogen and oxygen atoms in total.